The molecule has 41 heavy (non-hydrogen) atoms. The molecule has 0 bridgehead atoms. The first-order chi connectivity index (χ1) is 19.5. The van der Waals surface area contributed by atoms with Gasteiger partial charge in [0.25, 0.3) is 11.8 Å². The van der Waals surface area contributed by atoms with Crippen LogP contribution in [0, 0.1) is 18.8 Å². The van der Waals surface area contributed by atoms with Crippen molar-refractivity contribution in [2.24, 2.45) is 17.6 Å². The van der Waals surface area contributed by atoms with Crippen LogP contribution in [0.3, 0.4) is 0 Å². The van der Waals surface area contributed by atoms with Crippen LogP contribution in [0.15, 0.2) is 36.4 Å². The fraction of sp³-hybridized carbons (Fsp3) is 0.533. The molecule has 1 aromatic rings. The summed E-state index contributed by atoms with van der Waals surface area (Å²) in [6, 6.07) is 6.33. The molecular formula is C30H43N5O6. The first-order valence-electron chi connectivity index (χ1n) is 14.2. The van der Waals surface area contributed by atoms with Crippen LogP contribution in [0.4, 0.5) is 4.79 Å². The van der Waals surface area contributed by atoms with E-state index in [0.717, 1.165) is 16.0 Å². The molecule has 0 saturated heterocycles. The third-order valence-electron chi connectivity index (χ3n) is 7.01. The van der Waals surface area contributed by atoms with Crippen molar-refractivity contribution in [1.82, 2.24) is 20.9 Å². The normalized spacial score (nSPS) is 14.2. The molecular weight excluding hydrogens is 526 g/mol. The Balaban J connectivity index is 1.85. The molecule has 11 heteroatoms. The quantitative estimate of drug-likeness (QED) is 0.156. The van der Waals surface area contributed by atoms with Crippen molar-refractivity contribution < 1.29 is 28.8 Å². The van der Waals surface area contributed by atoms with Crippen LogP contribution < -0.4 is 21.7 Å². The standard InChI is InChI=1S/C30H43N5O6/c1-20(2)23(7-4-16-32-26(37)9-6-18-35-27(38)14-15-28(35)39)29(40)34-24(8-5-17-33-30(31)41)25(36)19-22-12-10-21(3)11-13-22/h10-15,20,23-24H,4-9,16-19H2,1-3H3,(H,32,37)(H,34,40)(H3,31,33,41)/t23-,24-/m0/s1. The molecule has 5 N–H and O–H groups in total. The number of nitrogens with one attached hydrogen (secondary N) is 3. The highest BCUT2D eigenvalue weighted by atomic mass is 16.2. The minimum atomic E-state index is -0.705. The molecule has 0 fully saturated rings. The van der Waals surface area contributed by atoms with Gasteiger partial charge < -0.3 is 21.7 Å². The lowest BCUT2D eigenvalue weighted by Crippen LogP contribution is -2.46. The summed E-state index contributed by atoms with van der Waals surface area (Å²) < 4.78 is 0. The van der Waals surface area contributed by atoms with Gasteiger partial charge in [-0.3, -0.25) is 28.9 Å². The Labute approximate surface area is 241 Å². The van der Waals surface area contributed by atoms with Gasteiger partial charge in [-0.2, -0.15) is 0 Å². The zero-order chi connectivity index (χ0) is 30.4. The number of hydrogen-bond donors (Lipinski definition) is 4. The minimum Gasteiger partial charge on any atom is -0.356 e. The zero-order valence-electron chi connectivity index (χ0n) is 24.2. The van der Waals surface area contributed by atoms with Gasteiger partial charge in [0.2, 0.25) is 11.8 Å². The lowest BCUT2D eigenvalue weighted by molar-refractivity contribution is -0.137. The fourth-order valence-electron chi connectivity index (χ4n) is 4.60. The summed E-state index contributed by atoms with van der Waals surface area (Å²) in [4.78, 5) is 73.9. The number of primary amides is 1. The average molecular weight is 570 g/mol. The molecule has 1 aliphatic rings. The van der Waals surface area contributed by atoms with E-state index in [2.05, 4.69) is 16.0 Å². The number of aryl methyl sites for hydroxylation is 1. The van der Waals surface area contributed by atoms with E-state index in [0.29, 0.717) is 45.2 Å². The summed E-state index contributed by atoms with van der Waals surface area (Å²) in [6.07, 6.45) is 5.10. The Morgan fingerprint density at radius 2 is 1.49 bits per heavy atom. The van der Waals surface area contributed by atoms with E-state index in [1.165, 1.54) is 12.2 Å². The van der Waals surface area contributed by atoms with Crippen LogP contribution in [0.1, 0.15) is 63.5 Å². The largest absolute Gasteiger partial charge is 0.356 e. The maximum Gasteiger partial charge on any atom is 0.312 e. The Morgan fingerprint density at radius 3 is 2.10 bits per heavy atom. The molecule has 0 saturated carbocycles. The van der Waals surface area contributed by atoms with Crippen molar-refractivity contribution in [2.75, 3.05) is 19.6 Å². The zero-order valence-corrected chi connectivity index (χ0v) is 24.2. The van der Waals surface area contributed by atoms with Crippen LogP contribution in [0.5, 0.6) is 0 Å². The molecule has 1 heterocycles. The second kappa shape index (κ2) is 16.9. The summed E-state index contributed by atoms with van der Waals surface area (Å²) in [5.41, 5.74) is 7.08. The smallest absolute Gasteiger partial charge is 0.312 e. The molecule has 2 rings (SSSR count). The number of benzene rings is 1. The fourth-order valence-corrected chi connectivity index (χ4v) is 4.60. The molecule has 2 atom stereocenters. The van der Waals surface area contributed by atoms with Crippen LogP contribution in [-0.2, 0) is 30.4 Å². The third kappa shape index (κ3) is 11.9. The molecule has 1 aromatic carbocycles. The predicted molar refractivity (Wildman–Crippen MR) is 154 cm³/mol. The Morgan fingerprint density at radius 1 is 0.878 bits per heavy atom. The van der Waals surface area contributed by atoms with Gasteiger partial charge in [-0.25, -0.2) is 4.79 Å². The number of imide groups is 1. The number of nitrogens with zero attached hydrogens (tertiary/aromatic N) is 1. The van der Waals surface area contributed by atoms with E-state index < -0.39 is 12.1 Å². The highest BCUT2D eigenvalue weighted by Gasteiger charge is 2.27. The van der Waals surface area contributed by atoms with Crippen molar-refractivity contribution in [3.8, 4) is 0 Å². The van der Waals surface area contributed by atoms with Crippen molar-refractivity contribution in [2.45, 2.75) is 71.8 Å². The van der Waals surface area contributed by atoms with Crippen molar-refractivity contribution in [1.29, 1.82) is 0 Å². The molecule has 6 amide bonds. The summed E-state index contributed by atoms with van der Waals surface area (Å²) in [7, 11) is 0. The van der Waals surface area contributed by atoms with Crippen molar-refractivity contribution in [3.05, 3.63) is 47.5 Å². The van der Waals surface area contributed by atoms with Gasteiger partial charge in [0.15, 0.2) is 5.78 Å². The van der Waals surface area contributed by atoms with Crippen LogP contribution in [-0.4, -0.2) is 66.0 Å². The van der Waals surface area contributed by atoms with Crippen LogP contribution >= 0.6 is 0 Å². The Hall–Kier alpha value is -4.02. The van der Waals surface area contributed by atoms with E-state index in [1.54, 1.807) is 0 Å². The first kappa shape index (κ1) is 33.2. The molecule has 0 radical (unpaired) electrons. The number of nitrogens with two attached hydrogens (primary N) is 1. The number of ketones is 1. The van der Waals surface area contributed by atoms with Gasteiger partial charge >= 0.3 is 6.03 Å². The topological polar surface area (TPSA) is 168 Å². The monoisotopic (exact) mass is 569 g/mol. The Bertz CT molecular complexity index is 1100. The third-order valence-corrected chi connectivity index (χ3v) is 7.01. The van der Waals surface area contributed by atoms with E-state index in [1.807, 2.05) is 45.0 Å². The van der Waals surface area contributed by atoms with E-state index >= 15 is 0 Å². The molecule has 11 nitrogen and oxygen atoms in total. The molecule has 224 valence electrons. The van der Waals surface area contributed by atoms with E-state index in [-0.39, 0.29) is 60.6 Å². The number of Topliss-reactive ketones (excluding diaryl/α,β-unsaturated/α-hetero) is 1. The first-order valence-corrected chi connectivity index (χ1v) is 14.2. The van der Waals surface area contributed by atoms with Crippen LogP contribution in [0.2, 0.25) is 0 Å². The molecule has 0 unspecified atom stereocenters. The number of carbonyl (C=O) groups excluding carboxylic acids is 6. The predicted octanol–water partition coefficient (Wildman–Crippen LogP) is 1.91. The summed E-state index contributed by atoms with van der Waals surface area (Å²) in [6.45, 7) is 6.73. The molecule has 0 spiro atoms. The van der Waals surface area contributed by atoms with Gasteiger partial charge in [-0.1, -0.05) is 43.7 Å². The van der Waals surface area contributed by atoms with Gasteiger partial charge in [-0.15, -0.1) is 0 Å². The average Bonchev–Trinajstić information content (AvgIpc) is 3.23. The van der Waals surface area contributed by atoms with E-state index in [9.17, 15) is 28.8 Å². The van der Waals surface area contributed by atoms with Crippen LogP contribution in [0.25, 0.3) is 0 Å². The number of rotatable bonds is 18. The lowest BCUT2D eigenvalue weighted by Gasteiger charge is -2.24. The highest BCUT2D eigenvalue weighted by molar-refractivity contribution is 6.12. The number of urea groups is 1. The molecule has 0 aliphatic carbocycles. The Kier molecular flexibility index (Phi) is 13.7. The molecule has 0 aromatic heterocycles. The number of hydrogen-bond acceptors (Lipinski definition) is 6. The summed E-state index contributed by atoms with van der Waals surface area (Å²) >= 11 is 0. The summed E-state index contributed by atoms with van der Waals surface area (Å²) in [5.74, 6) is -1.59. The van der Waals surface area contributed by atoms with Gasteiger partial charge in [-0.05, 0) is 50.5 Å². The van der Waals surface area contributed by atoms with E-state index in [4.69, 9.17) is 5.73 Å². The lowest BCUT2D eigenvalue weighted by atomic mass is 9.89. The second-order valence-corrected chi connectivity index (χ2v) is 10.7. The highest BCUT2D eigenvalue weighted by Crippen LogP contribution is 2.18. The number of carbonyl (C=O) groups is 6. The van der Waals surface area contributed by atoms with Gasteiger partial charge in [0.05, 0.1) is 6.04 Å². The SMILES string of the molecule is Cc1ccc(CC(=O)[C@H](CCCNC(N)=O)NC(=O)[C@@H](CCCNC(=O)CCCN2C(=O)C=CC2=O)C(C)C)cc1. The maximum absolute atomic E-state index is 13.3. The molecule has 1 aliphatic heterocycles. The van der Waals surface area contributed by atoms with Crippen molar-refractivity contribution in [3.63, 3.8) is 0 Å². The van der Waals surface area contributed by atoms with Crippen molar-refractivity contribution >= 4 is 35.4 Å². The second-order valence-electron chi connectivity index (χ2n) is 10.7. The number of amides is 6. The van der Waals surface area contributed by atoms with Gasteiger partial charge in [0.1, 0.15) is 0 Å². The van der Waals surface area contributed by atoms with Gasteiger partial charge in [0, 0.05) is 50.5 Å². The minimum absolute atomic E-state index is 0.0132. The maximum atomic E-state index is 13.3. The summed E-state index contributed by atoms with van der Waals surface area (Å²) in [5, 5.41) is 8.28.